The van der Waals surface area contributed by atoms with Crippen LogP contribution in [0.5, 0.6) is 5.75 Å². The second kappa shape index (κ2) is 8.15. The van der Waals surface area contributed by atoms with Crippen LogP contribution in [0.15, 0.2) is 66.7 Å². The van der Waals surface area contributed by atoms with E-state index >= 15 is 0 Å². The predicted octanol–water partition coefficient (Wildman–Crippen LogP) is 5.73. The maximum atomic E-state index is 12.9. The van der Waals surface area contributed by atoms with Gasteiger partial charge in [-0.3, -0.25) is 0 Å². The topological polar surface area (TPSA) is 38.8 Å². The number of benzene rings is 3. The molecule has 0 radical (unpaired) electrons. The van der Waals surface area contributed by atoms with E-state index in [9.17, 15) is 4.79 Å². The molecule has 5 rings (SSSR count). The SMILES string of the molecule is O=C(OCC1c2ccccc2-c2ccccc21)N1CCOc2cc(CBr)ccc2C1. The van der Waals surface area contributed by atoms with Crippen LogP contribution in [0.1, 0.15) is 28.2 Å². The minimum atomic E-state index is -0.294. The maximum Gasteiger partial charge on any atom is 0.410 e. The van der Waals surface area contributed by atoms with Gasteiger partial charge in [-0.1, -0.05) is 76.6 Å². The Bertz CT molecular complexity index is 1050. The van der Waals surface area contributed by atoms with Gasteiger partial charge in [0.15, 0.2) is 0 Å². The first-order valence-corrected chi connectivity index (χ1v) is 11.3. The van der Waals surface area contributed by atoms with Crippen LogP contribution in [0.2, 0.25) is 0 Å². The molecule has 0 bridgehead atoms. The highest BCUT2D eigenvalue weighted by atomic mass is 79.9. The normalized spacial score (nSPS) is 14.9. The van der Waals surface area contributed by atoms with Crippen LogP contribution in [0, 0.1) is 0 Å². The third-order valence-electron chi connectivity index (χ3n) is 5.86. The molecule has 1 amide bonds. The van der Waals surface area contributed by atoms with Crippen LogP contribution in [0.3, 0.4) is 0 Å². The number of hydrogen-bond acceptors (Lipinski definition) is 3. The minimum absolute atomic E-state index is 0.0679. The maximum absolute atomic E-state index is 12.9. The Morgan fingerprint density at radius 3 is 2.43 bits per heavy atom. The van der Waals surface area contributed by atoms with Gasteiger partial charge in [-0.15, -0.1) is 0 Å². The smallest absolute Gasteiger partial charge is 0.410 e. The average Bonchev–Trinajstić information content (AvgIpc) is 2.95. The van der Waals surface area contributed by atoms with Gasteiger partial charge in [0.25, 0.3) is 0 Å². The van der Waals surface area contributed by atoms with Crippen LogP contribution in [-0.4, -0.2) is 30.8 Å². The summed E-state index contributed by atoms with van der Waals surface area (Å²) >= 11 is 3.48. The van der Waals surface area contributed by atoms with Crippen LogP contribution in [0.4, 0.5) is 4.79 Å². The van der Waals surface area contributed by atoms with Crippen LogP contribution < -0.4 is 4.74 Å². The van der Waals surface area contributed by atoms with E-state index in [0.717, 1.165) is 22.2 Å². The molecule has 3 aromatic carbocycles. The number of hydrogen-bond donors (Lipinski definition) is 0. The zero-order valence-electron chi connectivity index (χ0n) is 16.5. The molecule has 0 aromatic heterocycles. The van der Waals surface area contributed by atoms with Gasteiger partial charge in [-0.05, 0) is 33.9 Å². The number of rotatable bonds is 3. The van der Waals surface area contributed by atoms with Crippen molar-refractivity contribution < 1.29 is 14.3 Å². The third-order valence-corrected chi connectivity index (χ3v) is 6.51. The van der Waals surface area contributed by atoms with Gasteiger partial charge < -0.3 is 14.4 Å². The average molecular weight is 464 g/mol. The Balaban J connectivity index is 1.32. The van der Waals surface area contributed by atoms with Crippen molar-refractivity contribution in [1.82, 2.24) is 4.90 Å². The fraction of sp³-hybridized carbons (Fsp3) is 0.240. The molecule has 0 unspecified atom stereocenters. The lowest BCUT2D eigenvalue weighted by Crippen LogP contribution is -2.33. The lowest BCUT2D eigenvalue weighted by molar-refractivity contribution is 0.0947. The Kier molecular flexibility index (Phi) is 5.21. The quantitative estimate of drug-likeness (QED) is 0.465. The molecule has 3 aromatic rings. The van der Waals surface area contributed by atoms with Crippen molar-refractivity contribution in [1.29, 1.82) is 0 Å². The molecular formula is C25H22BrNO3. The number of fused-ring (bicyclic) bond motifs is 4. The highest BCUT2D eigenvalue weighted by molar-refractivity contribution is 9.08. The highest BCUT2D eigenvalue weighted by Crippen LogP contribution is 2.44. The molecule has 1 aliphatic heterocycles. The second-order valence-electron chi connectivity index (χ2n) is 7.65. The molecule has 0 N–H and O–H groups in total. The first kappa shape index (κ1) is 19.2. The number of carbonyl (C=O) groups excluding carboxylic acids is 1. The number of nitrogens with zero attached hydrogens (tertiary/aromatic N) is 1. The summed E-state index contributed by atoms with van der Waals surface area (Å²) in [6.45, 7) is 1.80. The molecule has 0 atom stereocenters. The van der Waals surface area contributed by atoms with E-state index in [4.69, 9.17) is 9.47 Å². The molecule has 2 aliphatic rings. The molecule has 1 heterocycles. The fourth-order valence-electron chi connectivity index (χ4n) is 4.34. The summed E-state index contributed by atoms with van der Waals surface area (Å²) in [5.74, 6) is 0.916. The first-order chi connectivity index (χ1) is 14.7. The molecule has 30 heavy (non-hydrogen) atoms. The molecule has 0 saturated carbocycles. The van der Waals surface area contributed by atoms with Crippen LogP contribution in [-0.2, 0) is 16.6 Å². The standard InChI is InChI=1S/C25H22BrNO3/c26-14-17-9-10-18-15-27(11-12-29-24(18)13-17)25(28)30-16-23-21-7-3-1-5-19(21)20-6-2-4-8-22(20)23/h1-10,13,23H,11-12,14-16H2. The van der Waals surface area contributed by atoms with Gasteiger partial charge in [-0.2, -0.15) is 0 Å². The van der Waals surface area contributed by atoms with E-state index in [1.165, 1.54) is 22.3 Å². The van der Waals surface area contributed by atoms with Crippen molar-refractivity contribution in [2.24, 2.45) is 0 Å². The summed E-state index contributed by atoms with van der Waals surface area (Å²) in [4.78, 5) is 14.6. The summed E-state index contributed by atoms with van der Waals surface area (Å²) in [6.07, 6.45) is -0.294. The summed E-state index contributed by atoms with van der Waals surface area (Å²) in [5.41, 5.74) is 7.06. The molecule has 0 fully saturated rings. The number of amides is 1. The van der Waals surface area contributed by atoms with Crippen molar-refractivity contribution in [2.75, 3.05) is 19.8 Å². The van der Waals surface area contributed by atoms with Crippen molar-refractivity contribution in [2.45, 2.75) is 17.8 Å². The molecular weight excluding hydrogens is 442 g/mol. The first-order valence-electron chi connectivity index (χ1n) is 10.1. The molecule has 1 aliphatic carbocycles. The van der Waals surface area contributed by atoms with Crippen molar-refractivity contribution in [3.63, 3.8) is 0 Å². The largest absolute Gasteiger partial charge is 0.491 e. The summed E-state index contributed by atoms with van der Waals surface area (Å²) < 4.78 is 11.7. The Hall–Kier alpha value is -2.79. The summed E-state index contributed by atoms with van der Waals surface area (Å²) in [7, 11) is 0. The number of halogens is 1. The van der Waals surface area contributed by atoms with Gasteiger partial charge in [0.1, 0.15) is 19.0 Å². The summed E-state index contributed by atoms with van der Waals surface area (Å²) in [5, 5.41) is 0.778. The molecule has 0 spiro atoms. The summed E-state index contributed by atoms with van der Waals surface area (Å²) in [6, 6.07) is 22.9. The number of carbonyl (C=O) groups is 1. The Labute approximate surface area is 184 Å². The number of alkyl halides is 1. The Morgan fingerprint density at radius 2 is 1.73 bits per heavy atom. The van der Waals surface area contributed by atoms with Gasteiger partial charge in [0.05, 0.1) is 13.1 Å². The van der Waals surface area contributed by atoms with E-state index in [1.54, 1.807) is 4.90 Å². The second-order valence-corrected chi connectivity index (χ2v) is 8.21. The van der Waals surface area contributed by atoms with Crippen molar-refractivity contribution >= 4 is 22.0 Å². The van der Waals surface area contributed by atoms with Crippen LogP contribution >= 0.6 is 15.9 Å². The lowest BCUT2D eigenvalue weighted by Gasteiger charge is -2.21. The van der Waals surface area contributed by atoms with Crippen molar-refractivity contribution in [3.8, 4) is 16.9 Å². The molecule has 152 valence electrons. The van der Waals surface area contributed by atoms with Gasteiger partial charge in [0.2, 0.25) is 0 Å². The monoisotopic (exact) mass is 463 g/mol. The van der Waals surface area contributed by atoms with E-state index in [1.807, 2.05) is 24.3 Å². The zero-order chi connectivity index (χ0) is 20.5. The zero-order valence-corrected chi connectivity index (χ0v) is 18.1. The Morgan fingerprint density at radius 1 is 1.03 bits per heavy atom. The molecule has 4 nitrogen and oxygen atoms in total. The van der Waals surface area contributed by atoms with E-state index in [-0.39, 0.29) is 12.0 Å². The van der Waals surface area contributed by atoms with Gasteiger partial charge >= 0.3 is 6.09 Å². The lowest BCUT2D eigenvalue weighted by atomic mass is 9.98. The minimum Gasteiger partial charge on any atom is -0.491 e. The van der Waals surface area contributed by atoms with Crippen molar-refractivity contribution in [3.05, 3.63) is 89.0 Å². The number of ether oxygens (including phenoxy) is 2. The predicted molar refractivity (Wildman–Crippen MR) is 120 cm³/mol. The van der Waals surface area contributed by atoms with Crippen LogP contribution in [0.25, 0.3) is 11.1 Å². The van der Waals surface area contributed by atoms with Gasteiger partial charge in [0, 0.05) is 16.8 Å². The fourth-order valence-corrected chi connectivity index (χ4v) is 4.69. The van der Waals surface area contributed by atoms with Gasteiger partial charge in [-0.25, -0.2) is 4.79 Å². The highest BCUT2D eigenvalue weighted by Gasteiger charge is 2.30. The molecule has 5 heteroatoms. The van der Waals surface area contributed by atoms with E-state index < -0.39 is 0 Å². The van der Waals surface area contributed by atoms with E-state index in [2.05, 4.69) is 58.4 Å². The van der Waals surface area contributed by atoms with E-state index in [0.29, 0.717) is 26.3 Å². The molecule has 0 saturated heterocycles. The third kappa shape index (κ3) is 3.47.